The maximum atomic E-state index is 5.59. The number of ether oxygens (including phenoxy) is 2. The van der Waals surface area contributed by atoms with Crippen LogP contribution in [0.1, 0.15) is 12.6 Å². The number of rotatable bonds is 5. The molecule has 0 spiro atoms. The quantitative estimate of drug-likeness (QED) is 0.751. The molecule has 1 rings (SSSR count). The van der Waals surface area contributed by atoms with E-state index in [-0.39, 0.29) is 6.10 Å². The van der Waals surface area contributed by atoms with Gasteiger partial charge in [-0.3, -0.25) is 0 Å². The minimum Gasteiger partial charge on any atom is -0.382 e. The van der Waals surface area contributed by atoms with Gasteiger partial charge in [0.1, 0.15) is 0 Å². The molecule has 4 nitrogen and oxygen atoms in total. The Hall–Kier alpha value is -0.710. The second-order valence-electron chi connectivity index (χ2n) is 2.92. The normalized spacial score (nSPS) is 12.8. The topological polar surface area (TPSA) is 44.2 Å². The minimum atomic E-state index is 0.0532. The molecule has 1 unspecified atom stereocenters. The van der Waals surface area contributed by atoms with E-state index in [1.54, 1.807) is 19.2 Å². The zero-order chi connectivity index (χ0) is 10.4. The average Bonchev–Trinajstić information content (AvgIpc) is 2.17. The van der Waals surface area contributed by atoms with Crippen LogP contribution in [0.25, 0.3) is 0 Å². The lowest BCUT2D eigenvalue weighted by atomic mass is 10.4. The second kappa shape index (κ2) is 5.90. The first-order valence-corrected chi connectivity index (χ1v) is 4.69. The standard InChI is InChI=1S/C9H13ClN2O2/c1-7(5-13-2)14-6-8-3-4-9(10)12-11-8/h3-4,7H,5-6H2,1-2H3. The van der Waals surface area contributed by atoms with Gasteiger partial charge in [-0.25, -0.2) is 0 Å². The highest BCUT2D eigenvalue weighted by Gasteiger charge is 2.02. The molecule has 78 valence electrons. The predicted molar refractivity (Wildman–Crippen MR) is 53.2 cm³/mol. The lowest BCUT2D eigenvalue weighted by Gasteiger charge is -2.10. The van der Waals surface area contributed by atoms with Gasteiger partial charge in [-0.05, 0) is 19.1 Å². The van der Waals surface area contributed by atoms with Crippen LogP contribution in [0.3, 0.4) is 0 Å². The molecule has 0 N–H and O–H groups in total. The molecule has 1 aromatic rings. The van der Waals surface area contributed by atoms with Gasteiger partial charge in [-0.2, -0.15) is 5.10 Å². The van der Waals surface area contributed by atoms with E-state index in [2.05, 4.69) is 10.2 Å². The van der Waals surface area contributed by atoms with Crippen molar-refractivity contribution in [2.75, 3.05) is 13.7 Å². The molecule has 0 amide bonds. The molecule has 5 heteroatoms. The Balaban J connectivity index is 2.34. The van der Waals surface area contributed by atoms with E-state index in [1.807, 2.05) is 6.92 Å². The summed E-state index contributed by atoms with van der Waals surface area (Å²) in [5, 5.41) is 7.96. The fraction of sp³-hybridized carbons (Fsp3) is 0.556. The van der Waals surface area contributed by atoms with Crippen LogP contribution in [0, 0.1) is 0 Å². The van der Waals surface area contributed by atoms with Crippen LogP contribution in [-0.2, 0) is 16.1 Å². The molecule has 0 fully saturated rings. The molecule has 1 aromatic heterocycles. The van der Waals surface area contributed by atoms with Gasteiger partial charge >= 0.3 is 0 Å². The van der Waals surface area contributed by atoms with Gasteiger partial charge in [0, 0.05) is 7.11 Å². The molecular formula is C9H13ClN2O2. The summed E-state index contributed by atoms with van der Waals surface area (Å²) < 4.78 is 10.4. The van der Waals surface area contributed by atoms with E-state index >= 15 is 0 Å². The summed E-state index contributed by atoms with van der Waals surface area (Å²) in [6.07, 6.45) is 0.0532. The Morgan fingerprint density at radius 2 is 2.21 bits per heavy atom. The Kier molecular flexibility index (Phi) is 4.79. The molecule has 1 atom stereocenters. The maximum Gasteiger partial charge on any atom is 0.151 e. The van der Waals surface area contributed by atoms with E-state index in [9.17, 15) is 0 Å². The van der Waals surface area contributed by atoms with Crippen molar-refractivity contribution in [2.24, 2.45) is 0 Å². The highest BCUT2D eigenvalue weighted by molar-refractivity contribution is 6.29. The van der Waals surface area contributed by atoms with Gasteiger partial charge in [0.2, 0.25) is 0 Å². The largest absolute Gasteiger partial charge is 0.382 e. The fourth-order valence-corrected chi connectivity index (χ4v) is 1.03. The summed E-state index contributed by atoms with van der Waals surface area (Å²) in [7, 11) is 1.64. The number of hydrogen-bond acceptors (Lipinski definition) is 4. The summed E-state index contributed by atoms with van der Waals surface area (Å²) in [5.74, 6) is 0. The lowest BCUT2D eigenvalue weighted by molar-refractivity contribution is -0.00161. The Morgan fingerprint density at radius 3 is 2.79 bits per heavy atom. The predicted octanol–water partition coefficient (Wildman–Crippen LogP) is 1.68. The molecule has 0 saturated heterocycles. The third-order valence-electron chi connectivity index (χ3n) is 1.60. The summed E-state index contributed by atoms with van der Waals surface area (Å²) in [5.41, 5.74) is 0.761. The molecule has 0 aliphatic heterocycles. The van der Waals surface area contributed by atoms with Crippen LogP contribution in [-0.4, -0.2) is 30.0 Å². The molecule has 0 aliphatic rings. The van der Waals surface area contributed by atoms with E-state index in [0.29, 0.717) is 18.4 Å². The number of halogens is 1. The van der Waals surface area contributed by atoms with Gasteiger partial charge in [0.05, 0.1) is 25.0 Å². The van der Waals surface area contributed by atoms with Crippen molar-refractivity contribution in [1.29, 1.82) is 0 Å². The Labute approximate surface area is 88.2 Å². The van der Waals surface area contributed by atoms with E-state index in [1.165, 1.54) is 0 Å². The van der Waals surface area contributed by atoms with Crippen LogP contribution < -0.4 is 0 Å². The summed E-state index contributed by atoms with van der Waals surface area (Å²) in [4.78, 5) is 0. The number of nitrogens with zero attached hydrogens (tertiary/aromatic N) is 2. The molecule has 0 saturated carbocycles. The monoisotopic (exact) mass is 216 g/mol. The highest BCUT2D eigenvalue weighted by Crippen LogP contribution is 2.04. The third kappa shape index (κ3) is 4.00. The Morgan fingerprint density at radius 1 is 1.43 bits per heavy atom. The molecule has 0 aliphatic carbocycles. The fourth-order valence-electron chi connectivity index (χ4n) is 0.931. The summed E-state index contributed by atoms with van der Waals surface area (Å²) >= 11 is 5.59. The minimum absolute atomic E-state index is 0.0532. The zero-order valence-electron chi connectivity index (χ0n) is 8.24. The first-order chi connectivity index (χ1) is 6.72. The smallest absolute Gasteiger partial charge is 0.151 e. The van der Waals surface area contributed by atoms with Crippen molar-refractivity contribution in [1.82, 2.24) is 10.2 Å². The van der Waals surface area contributed by atoms with Gasteiger partial charge in [0.15, 0.2) is 5.15 Å². The van der Waals surface area contributed by atoms with Crippen LogP contribution in [0.2, 0.25) is 5.15 Å². The van der Waals surface area contributed by atoms with E-state index in [0.717, 1.165) is 5.69 Å². The van der Waals surface area contributed by atoms with Crippen molar-refractivity contribution in [2.45, 2.75) is 19.6 Å². The van der Waals surface area contributed by atoms with Crippen molar-refractivity contribution in [3.8, 4) is 0 Å². The van der Waals surface area contributed by atoms with E-state index < -0.39 is 0 Å². The SMILES string of the molecule is COCC(C)OCc1ccc(Cl)nn1. The molecule has 0 aromatic carbocycles. The molecule has 1 heterocycles. The summed E-state index contributed by atoms with van der Waals surface area (Å²) in [6, 6.07) is 3.48. The van der Waals surface area contributed by atoms with Gasteiger partial charge < -0.3 is 9.47 Å². The van der Waals surface area contributed by atoms with Crippen molar-refractivity contribution in [3.05, 3.63) is 23.0 Å². The highest BCUT2D eigenvalue weighted by atomic mass is 35.5. The summed E-state index contributed by atoms with van der Waals surface area (Å²) in [6.45, 7) is 2.93. The van der Waals surface area contributed by atoms with E-state index in [4.69, 9.17) is 21.1 Å². The zero-order valence-corrected chi connectivity index (χ0v) is 8.99. The number of methoxy groups -OCH3 is 1. The van der Waals surface area contributed by atoms with Crippen LogP contribution >= 0.6 is 11.6 Å². The second-order valence-corrected chi connectivity index (χ2v) is 3.31. The molecule has 0 radical (unpaired) electrons. The van der Waals surface area contributed by atoms with Crippen LogP contribution in [0.4, 0.5) is 0 Å². The number of hydrogen-bond donors (Lipinski definition) is 0. The Bertz CT molecular complexity index is 266. The average molecular weight is 217 g/mol. The molecule has 14 heavy (non-hydrogen) atoms. The van der Waals surface area contributed by atoms with Gasteiger partial charge in [0.25, 0.3) is 0 Å². The van der Waals surface area contributed by atoms with Gasteiger partial charge in [-0.1, -0.05) is 11.6 Å². The first kappa shape index (κ1) is 11.4. The molecule has 0 bridgehead atoms. The first-order valence-electron chi connectivity index (χ1n) is 4.31. The maximum absolute atomic E-state index is 5.59. The van der Waals surface area contributed by atoms with Crippen molar-refractivity contribution in [3.63, 3.8) is 0 Å². The third-order valence-corrected chi connectivity index (χ3v) is 1.81. The lowest BCUT2D eigenvalue weighted by Crippen LogP contribution is -2.15. The molecular weight excluding hydrogens is 204 g/mol. The number of aromatic nitrogens is 2. The van der Waals surface area contributed by atoms with Crippen molar-refractivity contribution >= 4 is 11.6 Å². The van der Waals surface area contributed by atoms with Crippen LogP contribution in [0.15, 0.2) is 12.1 Å². The van der Waals surface area contributed by atoms with Crippen molar-refractivity contribution < 1.29 is 9.47 Å². The van der Waals surface area contributed by atoms with Crippen LogP contribution in [0.5, 0.6) is 0 Å². The van der Waals surface area contributed by atoms with Gasteiger partial charge in [-0.15, -0.1) is 5.10 Å².